The van der Waals surface area contributed by atoms with Crippen molar-refractivity contribution in [1.82, 2.24) is 4.57 Å². The van der Waals surface area contributed by atoms with E-state index in [0.29, 0.717) is 0 Å². The zero-order valence-corrected chi connectivity index (χ0v) is 17.1. The van der Waals surface area contributed by atoms with Crippen molar-refractivity contribution < 1.29 is 19.4 Å². The molecule has 10 heteroatoms. The summed E-state index contributed by atoms with van der Waals surface area (Å²) in [6.45, 7) is 0. The van der Waals surface area contributed by atoms with Gasteiger partial charge in [0.2, 0.25) is 4.80 Å². The first-order chi connectivity index (χ1) is 13.8. The summed E-state index contributed by atoms with van der Waals surface area (Å²) >= 11 is 12.6. The van der Waals surface area contributed by atoms with E-state index in [1.165, 1.54) is 43.5 Å². The normalized spacial score (nSPS) is 11.3. The van der Waals surface area contributed by atoms with Gasteiger partial charge in [0.05, 0.1) is 22.8 Å². The fraction of sp³-hybridized carbons (Fsp3) is 0.0526. The number of halogens is 2. The highest BCUT2D eigenvalue weighted by atomic mass is 35.5. The van der Waals surface area contributed by atoms with Crippen molar-refractivity contribution in [2.24, 2.45) is 4.99 Å². The van der Waals surface area contributed by atoms with E-state index >= 15 is 0 Å². The van der Waals surface area contributed by atoms with Gasteiger partial charge in [0.15, 0.2) is 0 Å². The van der Waals surface area contributed by atoms with E-state index in [2.05, 4.69) is 9.73 Å². The number of hydrogen-bond donors (Lipinski definition) is 1. The molecule has 7 nitrogen and oxygen atoms in total. The summed E-state index contributed by atoms with van der Waals surface area (Å²) in [6.07, 6.45) is 0. The lowest BCUT2D eigenvalue weighted by Gasteiger charge is -2.08. The van der Waals surface area contributed by atoms with E-state index < -0.39 is 17.4 Å². The molecule has 1 N–H and O–H groups in total. The molecule has 0 bridgehead atoms. The second kappa shape index (κ2) is 8.60. The first-order valence-electron chi connectivity index (χ1n) is 7.99. The van der Waals surface area contributed by atoms with E-state index in [0.717, 1.165) is 22.0 Å². The number of amides is 1. The number of carbonyl (C=O) groups excluding carboxylic acids is 2. The second-order valence-electron chi connectivity index (χ2n) is 5.62. The lowest BCUT2D eigenvalue weighted by atomic mass is 10.2. The van der Waals surface area contributed by atoms with Gasteiger partial charge >= 0.3 is 5.97 Å². The summed E-state index contributed by atoms with van der Waals surface area (Å²) in [6, 6.07) is 11.1. The minimum atomic E-state index is -0.742. The minimum absolute atomic E-state index is 0.0328. The molecule has 0 fully saturated rings. The number of phenols is 1. The van der Waals surface area contributed by atoms with Crippen LogP contribution in [0, 0.1) is 0 Å². The Balaban J connectivity index is 2.26. The molecule has 0 unspecified atom stereocenters. The number of aromatic hydroxyl groups is 1. The van der Waals surface area contributed by atoms with Crippen molar-refractivity contribution in [2.45, 2.75) is 0 Å². The lowest BCUT2D eigenvalue weighted by molar-refractivity contribution is 0.0605. The Labute approximate surface area is 178 Å². The monoisotopic (exact) mass is 450 g/mol. The number of nitrogens with zero attached hydrogens (tertiary/aromatic N) is 2. The fourth-order valence-corrected chi connectivity index (χ4v) is 3.61. The predicted octanol–water partition coefficient (Wildman–Crippen LogP) is 3.44. The summed E-state index contributed by atoms with van der Waals surface area (Å²) in [5, 5.41) is 10.2. The Morgan fingerprint density at radius 2 is 1.86 bits per heavy atom. The number of phenolic OH excluding ortho intramolecular Hbond substituents is 1. The smallest absolute Gasteiger partial charge is 0.348 e. The highest BCUT2D eigenvalue weighted by molar-refractivity contribution is 7.11. The number of ether oxygens (including phenoxy) is 1. The van der Waals surface area contributed by atoms with Crippen LogP contribution in [0.1, 0.15) is 20.0 Å². The number of hydrogen-bond acceptors (Lipinski definition) is 6. The van der Waals surface area contributed by atoms with Crippen molar-refractivity contribution >= 4 is 46.4 Å². The molecular formula is C19H12Cl2N2O5S. The molecule has 0 aliphatic heterocycles. The van der Waals surface area contributed by atoms with Crippen LogP contribution in [0.15, 0.2) is 58.3 Å². The van der Waals surface area contributed by atoms with E-state index in [1.54, 1.807) is 6.07 Å². The molecule has 0 aliphatic carbocycles. The van der Waals surface area contributed by atoms with Gasteiger partial charge in [-0.15, -0.1) is 0 Å². The van der Waals surface area contributed by atoms with Crippen LogP contribution < -0.4 is 10.4 Å². The van der Waals surface area contributed by atoms with Crippen LogP contribution in [-0.4, -0.2) is 28.7 Å². The molecule has 0 spiro atoms. The van der Waals surface area contributed by atoms with Gasteiger partial charge < -0.3 is 9.84 Å². The van der Waals surface area contributed by atoms with Crippen LogP contribution in [0.2, 0.25) is 10.0 Å². The molecule has 3 aromatic rings. The third-order valence-electron chi connectivity index (χ3n) is 3.71. The van der Waals surface area contributed by atoms with Crippen LogP contribution in [0.25, 0.3) is 5.69 Å². The molecule has 0 atom stereocenters. The molecule has 0 radical (unpaired) electrons. The standard InChI is InChI=1S/C19H12Cl2N2O5S/c1-28-18(27)15-9-16(25)23(11-3-2-4-12(24)8-11)19(29-15)22-17(26)10-5-6-13(20)14(21)7-10/h2-9,24H,1H3. The molecule has 1 amide bonds. The summed E-state index contributed by atoms with van der Waals surface area (Å²) in [5.74, 6) is -1.53. The maximum atomic E-state index is 12.7. The number of methoxy groups -OCH3 is 1. The van der Waals surface area contributed by atoms with Gasteiger partial charge in [-0.25, -0.2) is 4.79 Å². The highest BCUT2D eigenvalue weighted by Gasteiger charge is 2.15. The van der Waals surface area contributed by atoms with Crippen molar-refractivity contribution in [1.29, 1.82) is 0 Å². The molecule has 0 saturated carbocycles. The van der Waals surface area contributed by atoms with Crippen LogP contribution in [0.5, 0.6) is 5.75 Å². The molecule has 0 aliphatic rings. The Hall–Kier alpha value is -2.94. The minimum Gasteiger partial charge on any atom is -0.508 e. The zero-order chi connectivity index (χ0) is 21.1. The largest absolute Gasteiger partial charge is 0.508 e. The van der Waals surface area contributed by atoms with Crippen molar-refractivity contribution in [2.75, 3.05) is 7.11 Å². The average Bonchev–Trinajstić information content (AvgIpc) is 2.69. The number of carbonyl (C=O) groups is 2. The molecule has 0 saturated heterocycles. The Morgan fingerprint density at radius 3 is 2.52 bits per heavy atom. The number of aromatic nitrogens is 1. The van der Waals surface area contributed by atoms with Crippen LogP contribution in [-0.2, 0) is 4.74 Å². The van der Waals surface area contributed by atoms with Crippen LogP contribution in [0.4, 0.5) is 0 Å². The number of benzene rings is 2. The Kier molecular flexibility index (Phi) is 6.17. The summed E-state index contributed by atoms with van der Waals surface area (Å²) in [5.41, 5.74) is -0.219. The Bertz CT molecular complexity index is 1250. The van der Waals surface area contributed by atoms with Gasteiger partial charge in [-0.3, -0.25) is 14.2 Å². The molecular weight excluding hydrogens is 439 g/mol. The van der Waals surface area contributed by atoms with Crippen molar-refractivity contribution in [3.8, 4) is 11.4 Å². The molecule has 2 aromatic carbocycles. The molecule has 1 heterocycles. The SMILES string of the molecule is COC(=O)c1cc(=O)n(-c2cccc(O)c2)c(=NC(=O)c2ccc(Cl)c(Cl)c2)s1. The first kappa shape index (κ1) is 20.8. The van der Waals surface area contributed by atoms with Crippen molar-refractivity contribution in [3.63, 3.8) is 0 Å². The highest BCUT2D eigenvalue weighted by Crippen LogP contribution is 2.23. The quantitative estimate of drug-likeness (QED) is 0.616. The zero-order valence-electron chi connectivity index (χ0n) is 14.8. The second-order valence-corrected chi connectivity index (χ2v) is 7.45. The molecule has 1 aromatic heterocycles. The maximum Gasteiger partial charge on any atom is 0.348 e. The van der Waals surface area contributed by atoms with Crippen molar-refractivity contribution in [3.05, 3.63) is 84.2 Å². The van der Waals surface area contributed by atoms with Gasteiger partial charge in [0.1, 0.15) is 10.6 Å². The van der Waals surface area contributed by atoms with Crippen LogP contribution in [0.3, 0.4) is 0 Å². The van der Waals surface area contributed by atoms with E-state index in [-0.39, 0.29) is 36.7 Å². The third kappa shape index (κ3) is 4.56. The van der Waals surface area contributed by atoms with E-state index in [9.17, 15) is 19.5 Å². The Morgan fingerprint density at radius 1 is 1.10 bits per heavy atom. The summed E-state index contributed by atoms with van der Waals surface area (Å²) < 4.78 is 5.76. The first-order valence-corrected chi connectivity index (χ1v) is 9.56. The lowest BCUT2D eigenvalue weighted by Crippen LogP contribution is -2.32. The van der Waals surface area contributed by atoms with E-state index in [1.807, 2.05) is 0 Å². The topological polar surface area (TPSA) is 98.0 Å². The molecule has 148 valence electrons. The summed E-state index contributed by atoms with van der Waals surface area (Å²) in [4.78, 5) is 41.1. The number of rotatable bonds is 3. The predicted molar refractivity (Wildman–Crippen MR) is 109 cm³/mol. The molecule has 29 heavy (non-hydrogen) atoms. The molecule has 3 rings (SSSR count). The number of esters is 1. The maximum absolute atomic E-state index is 12.7. The van der Waals surface area contributed by atoms with Gasteiger partial charge in [0, 0.05) is 17.7 Å². The summed E-state index contributed by atoms with van der Waals surface area (Å²) in [7, 11) is 1.17. The van der Waals surface area contributed by atoms with Gasteiger partial charge in [0.25, 0.3) is 11.5 Å². The van der Waals surface area contributed by atoms with Gasteiger partial charge in [-0.1, -0.05) is 40.6 Å². The fourth-order valence-electron chi connectivity index (χ4n) is 2.37. The van der Waals surface area contributed by atoms with Gasteiger partial charge in [-0.2, -0.15) is 4.99 Å². The van der Waals surface area contributed by atoms with Gasteiger partial charge in [-0.05, 0) is 30.3 Å². The third-order valence-corrected chi connectivity index (χ3v) is 5.41. The van der Waals surface area contributed by atoms with Crippen LogP contribution >= 0.6 is 34.5 Å². The van der Waals surface area contributed by atoms with E-state index in [4.69, 9.17) is 23.2 Å². The average molecular weight is 451 g/mol.